The summed E-state index contributed by atoms with van der Waals surface area (Å²) >= 11 is 0. The third-order valence-corrected chi connectivity index (χ3v) is 4.18. The molecule has 0 aliphatic carbocycles. The van der Waals surface area contributed by atoms with E-state index in [1.165, 1.54) is 0 Å². The van der Waals surface area contributed by atoms with Crippen LogP contribution in [0.3, 0.4) is 0 Å². The largest absolute Gasteiger partial charge is 0.473 e. The number of likely N-dealkylation sites (tertiary alicyclic amines) is 1. The fourth-order valence-corrected chi connectivity index (χ4v) is 2.87. The van der Waals surface area contributed by atoms with E-state index < -0.39 is 0 Å². The van der Waals surface area contributed by atoms with Crippen molar-refractivity contribution in [2.45, 2.75) is 18.9 Å². The van der Waals surface area contributed by atoms with Crippen molar-refractivity contribution in [2.24, 2.45) is 0 Å². The normalized spacial score (nSPS) is 16.6. The van der Waals surface area contributed by atoms with Gasteiger partial charge >= 0.3 is 6.03 Å². The fraction of sp³-hybridized carbons (Fsp3) is 0.353. The average molecular weight is 342 g/mol. The predicted molar refractivity (Wildman–Crippen MR) is 88.8 cm³/mol. The lowest BCUT2D eigenvalue weighted by Crippen LogP contribution is -2.43. The molecular weight excluding hydrogens is 324 g/mol. The van der Waals surface area contributed by atoms with Crippen molar-refractivity contribution in [1.82, 2.24) is 14.9 Å². The van der Waals surface area contributed by atoms with E-state index in [9.17, 15) is 4.79 Å². The Labute approximate surface area is 144 Å². The van der Waals surface area contributed by atoms with Gasteiger partial charge in [0.15, 0.2) is 11.5 Å². The Bertz CT molecular complexity index is 748. The zero-order valence-corrected chi connectivity index (χ0v) is 13.6. The Morgan fingerprint density at radius 2 is 2.04 bits per heavy atom. The Hall–Kier alpha value is -3.03. The number of carbonyl (C=O) groups is 1. The van der Waals surface area contributed by atoms with E-state index in [-0.39, 0.29) is 18.9 Å². The molecule has 25 heavy (non-hydrogen) atoms. The molecule has 2 aliphatic heterocycles. The molecule has 8 nitrogen and oxygen atoms in total. The van der Waals surface area contributed by atoms with Crippen molar-refractivity contribution in [3.63, 3.8) is 0 Å². The summed E-state index contributed by atoms with van der Waals surface area (Å²) in [6.45, 7) is 1.47. The van der Waals surface area contributed by atoms with Crippen LogP contribution < -0.4 is 19.5 Å². The second-order valence-electron chi connectivity index (χ2n) is 5.85. The van der Waals surface area contributed by atoms with Crippen molar-refractivity contribution in [3.05, 3.63) is 36.8 Å². The van der Waals surface area contributed by atoms with Gasteiger partial charge in [0.2, 0.25) is 12.7 Å². The first-order valence-electron chi connectivity index (χ1n) is 8.16. The van der Waals surface area contributed by atoms with Crippen molar-refractivity contribution in [2.75, 3.05) is 25.2 Å². The number of fused-ring (bicyclic) bond motifs is 1. The summed E-state index contributed by atoms with van der Waals surface area (Å²) in [5, 5.41) is 2.89. The standard InChI is InChI=1S/C17H18N4O4/c22-17(20-12-1-2-14-15(9-12)24-11-23-14)21-7-3-13(4-8-21)25-16-10-18-5-6-19-16/h1-2,5-6,9-10,13H,3-4,7-8,11H2,(H,20,22). The van der Waals surface area contributed by atoms with Crippen LogP contribution in [0.1, 0.15) is 12.8 Å². The summed E-state index contributed by atoms with van der Waals surface area (Å²) in [7, 11) is 0. The number of nitrogens with zero attached hydrogens (tertiary/aromatic N) is 3. The van der Waals surface area contributed by atoms with Gasteiger partial charge in [0.25, 0.3) is 0 Å². The number of amides is 2. The quantitative estimate of drug-likeness (QED) is 0.921. The molecule has 0 bridgehead atoms. The first-order valence-corrected chi connectivity index (χ1v) is 8.16. The number of carbonyl (C=O) groups excluding carboxylic acids is 1. The lowest BCUT2D eigenvalue weighted by molar-refractivity contribution is 0.111. The van der Waals surface area contributed by atoms with E-state index in [2.05, 4.69) is 15.3 Å². The van der Waals surface area contributed by atoms with Crippen LogP contribution in [-0.2, 0) is 0 Å². The molecule has 0 unspecified atom stereocenters. The fourth-order valence-electron chi connectivity index (χ4n) is 2.87. The van der Waals surface area contributed by atoms with Crippen molar-refractivity contribution < 1.29 is 19.0 Å². The molecule has 0 spiro atoms. The van der Waals surface area contributed by atoms with E-state index in [1.807, 2.05) is 0 Å². The predicted octanol–water partition coefficient (Wildman–Crippen LogP) is 2.28. The first kappa shape index (κ1) is 15.5. The third-order valence-electron chi connectivity index (χ3n) is 4.18. The van der Waals surface area contributed by atoms with Gasteiger partial charge in [-0.05, 0) is 12.1 Å². The summed E-state index contributed by atoms with van der Waals surface area (Å²) in [4.78, 5) is 22.3. The SMILES string of the molecule is O=C(Nc1ccc2c(c1)OCO2)N1CCC(Oc2cnccn2)CC1. The maximum atomic E-state index is 12.4. The van der Waals surface area contributed by atoms with Gasteiger partial charge in [0.05, 0.1) is 6.20 Å². The number of hydrogen-bond acceptors (Lipinski definition) is 6. The number of benzene rings is 1. The van der Waals surface area contributed by atoms with Gasteiger partial charge in [-0.1, -0.05) is 0 Å². The van der Waals surface area contributed by atoms with Crippen molar-refractivity contribution in [3.8, 4) is 17.4 Å². The minimum absolute atomic E-state index is 0.0475. The summed E-state index contributed by atoms with van der Waals surface area (Å²) < 4.78 is 16.4. The van der Waals surface area contributed by atoms with Gasteiger partial charge in [-0.25, -0.2) is 9.78 Å². The molecule has 2 aliphatic rings. The highest BCUT2D eigenvalue weighted by molar-refractivity contribution is 5.89. The molecule has 1 saturated heterocycles. The molecule has 0 radical (unpaired) electrons. The molecule has 2 aromatic rings. The van der Waals surface area contributed by atoms with Crippen LogP contribution in [0.15, 0.2) is 36.8 Å². The lowest BCUT2D eigenvalue weighted by Gasteiger charge is -2.31. The van der Waals surface area contributed by atoms with E-state index in [0.717, 1.165) is 12.8 Å². The van der Waals surface area contributed by atoms with Crippen LogP contribution in [0, 0.1) is 0 Å². The Morgan fingerprint density at radius 3 is 2.84 bits per heavy atom. The van der Waals surface area contributed by atoms with Crippen LogP contribution in [0.4, 0.5) is 10.5 Å². The molecule has 130 valence electrons. The van der Waals surface area contributed by atoms with E-state index in [0.29, 0.717) is 36.2 Å². The average Bonchev–Trinajstić information content (AvgIpc) is 3.11. The van der Waals surface area contributed by atoms with Gasteiger partial charge in [-0.3, -0.25) is 4.98 Å². The molecule has 0 saturated carbocycles. The summed E-state index contributed by atoms with van der Waals surface area (Å²) in [6, 6.07) is 5.23. The molecule has 0 atom stereocenters. The van der Waals surface area contributed by atoms with Crippen LogP contribution in [-0.4, -0.2) is 46.9 Å². The molecule has 1 fully saturated rings. The zero-order chi connectivity index (χ0) is 17.1. The number of aromatic nitrogens is 2. The van der Waals surface area contributed by atoms with Crippen LogP contribution in [0.25, 0.3) is 0 Å². The summed E-state index contributed by atoms with van der Waals surface area (Å²) in [6.07, 6.45) is 6.36. The van der Waals surface area contributed by atoms with E-state index >= 15 is 0 Å². The molecule has 1 N–H and O–H groups in total. The molecule has 2 amide bonds. The van der Waals surface area contributed by atoms with Crippen molar-refractivity contribution in [1.29, 1.82) is 0 Å². The smallest absolute Gasteiger partial charge is 0.321 e. The second-order valence-corrected chi connectivity index (χ2v) is 5.85. The number of ether oxygens (including phenoxy) is 3. The van der Waals surface area contributed by atoms with Gasteiger partial charge in [0, 0.05) is 50.1 Å². The summed E-state index contributed by atoms with van der Waals surface area (Å²) in [5.41, 5.74) is 0.687. The maximum absolute atomic E-state index is 12.4. The van der Waals surface area contributed by atoms with Gasteiger partial charge < -0.3 is 24.4 Å². The molecular formula is C17H18N4O4. The molecule has 4 rings (SSSR count). The topological polar surface area (TPSA) is 85.8 Å². The number of hydrogen-bond donors (Lipinski definition) is 1. The number of piperidine rings is 1. The van der Waals surface area contributed by atoms with Crippen LogP contribution in [0.2, 0.25) is 0 Å². The minimum Gasteiger partial charge on any atom is -0.473 e. The van der Waals surface area contributed by atoms with E-state index in [1.54, 1.807) is 41.7 Å². The Balaban J connectivity index is 1.29. The highest BCUT2D eigenvalue weighted by Gasteiger charge is 2.24. The lowest BCUT2D eigenvalue weighted by atomic mass is 10.1. The molecule has 3 heterocycles. The monoisotopic (exact) mass is 342 g/mol. The Kier molecular flexibility index (Phi) is 4.24. The third kappa shape index (κ3) is 3.57. The van der Waals surface area contributed by atoms with Gasteiger partial charge in [-0.15, -0.1) is 0 Å². The minimum atomic E-state index is -0.128. The van der Waals surface area contributed by atoms with Gasteiger partial charge in [-0.2, -0.15) is 0 Å². The second kappa shape index (κ2) is 6.84. The number of rotatable bonds is 3. The number of anilines is 1. The van der Waals surface area contributed by atoms with Crippen molar-refractivity contribution >= 4 is 11.7 Å². The van der Waals surface area contributed by atoms with E-state index in [4.69, 9.17) is 14.2 Å². The number of nitrogens with one attached hydrogen (secondary N) is 1. The zero-order valence-electron chi connectivity index (χ0n) is 13.6. The molecule has 1 aromatic carbocycles. The van der Waals surface area contributed by atoms with Gasteiger partial charge in [0.1, 0.15) is 6.10 Å². The molecule has 1 aromatic heterocycles. The Morgan fingerprint density at radius 1 is 1.20 bits per heavy atom. The van der Waals surface area contributed by atoms with Crippen LogP contribution in [0.5, 0.6) is 17.4 Å². The molecule has 8 heteroatoms. The highest BCUT2D eigenvalue weighted by Crippen LogP contribution is 2.34. The summed E-state index contributed by atoms with van der Waals surface area (Å²) in [5.74, 6) is 1.86. The first-order chi connectivity index (χ1) is 12.3. The number of urea groups is 1. The highest BCUT2D eigenvalue weighted by atomic mass is 16.7. The maximum Gasteiger partial charge on any atom is 0.321 e. The van der Waals surface area contributed by atoms with Crippen LogP contribution >= 0.6 is 0 Å².